The van der Waals surface area contributed by atoms with Gasteiger partial charge in [0.2, 0.25) is 0 Å². The number of hydrogen-bond donors (Lipinski definition) is 1. The van der Waals surface area contributed by atoms with Crippen LogP contribution in [0.25, 0.3) is 0 Å². The van der Waals surface area contributed by atoms with Crippen molar-refractivity contribution < 1.29 is 0 Å². The number of rotatable bonds is 6. The lowest BCUT2D eigenvalue weighted by atomic mass is 10.2. The first-order chi connectivity index (χ1) is 12.2. The maximum absolute atomic E-state index is 5.50. The molecule has 25 heavy (non-hydrogen) atoms. The minimum absolute atomic E-state index is 0.656. The monoisotopic (exact) mass is 354 g/mol. The Morgan fingerprint density at radius 1 is 1.20 bits per heavy atom. The minimum Gasteiger partial charge on any atom is -0.346 e. The van der Waals surface area contributed by atoms with Crippen molar-refractivity contribution in [2.45, 2.75) is 26.6 Å². The van der Waals surface area contributed by atoms with E-state index in [2.05, 4.69) is 34.6 Å². The first-order valence-electron chi connectivity index (χ1n) is 8.25. The van der Waals surface area contributed by atoms with Crippen molar-refractivity contribution in [1.29, 1.82) is 0 Å². The molecule has 2 aromatic heterocycles. The van der Waals surface area contributed by atoms with Crippen molar-refractivity contribution in [3.05, 3.63) is 66.2 Å². The predicted molar refractivity (Wildman–Crippen MR) is 103 cm³/mol. The zero-order valence-corrected chi connectivity index (χ0v) is 15.3. The summed E-state index contributed by atoms with van der Waals surface area (Å²) >= 11 is 5.50. The third-order valence-corrected chi connectivity index (χ3v) is 4.34. The summed E-state index contributed by atoms with van der Waals surface area (Å²) in [5.74, 6) is 0. The summed E-state index contributed by atoms with van der Waals surface area (Å²) in [5.41, 5.74) is 3.23. The fraction of sp³-hybridized carbons (Fsp3) is 0.278. The lowest BCUT2D eigenvalue weighted by Crippen LogP contribution is -2.31. The molecule has 3 aromatic rings. The van der Waals surface area contributed by atoms with Gasteiger partial charge in [0.25, 0.3) is 0 Å². The summed E-state index contributed by atoms with van der Waals surface area (Å²) in [7, 11) is 1.97. The minimum atomic E-state index is 0.656. The SMILES string of the molecule is CCn1nccc1CN(C)C(=S)Nc1cnn(Cc2ccccc2)c1. The third kappa shape index (κ3) is 4.45. The molecule has 130 valence electrons. The van der Waals surface area contributed by atoms with Gasteiger partial charge in [-0.2, -0.15) is 10.2 Å². The van der Waals surface area contributed by atoms with E-state index >= 15 is 0 Å². The summed E-state index contributed by atoms with van der Waals surface area (Å²) in [6, 6.07) is 12.3. The molecule has 3 rings (SSSR count). The molecule has 0 unspecified atom stereocenters. The summed E-state index contributed by atoms with van der Waals surface area (Å²) < 4.78 is 3.86. The quantitative estimate of drug-likeness (QED) is 0.690. The van der Waals surface area contributed by atoms with Crippen molar-refractivity contribution in [3.8, 4) is 0 Å². The molecule has 1 N–H and O–H groups in total. The van der Waals surface area contributed by atoms with Crippen LogP contribution in [0, 0.1) is 0 Å². The van der Waals surface area contributed by atoms with Gasteiger partial charge in [-0.15, -0.1) is 0 Å². The average Bonchev–Trinajstić information content (AvgIpc) is 3.25. The molecular formula is C18H22N6S. The van der Waals surface area contributed by atoms with E-state index in [4.69, 9.17) is 12.2 Å². The van der Waals surface area contributed by atoms with Crippen LogP contribution in [0.15, 0.2) is 55.0 Å². The number of benzene rings is 1. The van der Waals surface area contributed by atoms with Gasteiger partial charge in [0.1, 0.15) is 0 Å². The molecule has 0 saturated heterocycles. The number of anilines is 1. The van der Waals surface area contributed by atoms with E-state index in [0.29, 0.717) is 11.7 Å². The molecule has 0 atom stereocenters. The van der Waals surface area contributed by atoms with Crippen LogP contribution in [0.5, 0.6) is 0 Å². The van der Waals surface area contributed by atoms with Gasteiger partial charge in [-0.05, 0) is 30.8 Å². The van der Waals surface area contributed by atoms with Gasteiger partial charge < -0.3 is 10.2 Å². The standard InChI is InChI=1S/C18H22N6S/c1-3-24-17(9-10-19-24)14-22(2)18(25)21-16-11-20-23(13-16)12-15-7-5-4-6-8-15/h4-11,13H,3,12,14H2,1-2H3,(H,21,25). The van der Waals surface area contributed by atoms with E-state index in [-0.39, 0.29) is 0 Å². The molecule has 0 fully saturated rings. The third-order valence-electron chi connectivity index (χ3n) is 3.92. The first kappa shape index (κ1) is 17.2. The van der Waals surface area contributed by atoms with Gasteiger partial charge in [-0.1, -0.05) is 30.3 Å². The first-order valence-corrected chi connectivity index (χ1v) is 8.65. The van der Waals surface area contributed by atoms with Crippen molar-refractivity contribution in [2.75, 3.05) is 12.4 Å². The molecule has 1 aromatic carbocycles. The zero-order chi connectivity index (χ0) is 17.6. The topological polar surface area (TPSA) is 50.9 Å². The van der Waals surface area contributed by atoms with E-state index in [0.717, 1.165) is 24.5 Å². The number of nitrogens with zero attached hydrogens (tertiary/aromatic N) is 5. The normalized spacial score (nSPS) is 10.6. The lowest BCUT2D eigenvalue weighted by Gasteiger charge is -2.20. The smallest absolute Gasteiger partial charge is 0.173 e. The van der Waals surface area contributed by atoms with Crippen LogP contribution in [0.4, 0.5) is 5.69 Å². The Balaban J connectivity index is 1.57. The van der Waals surface area contributed by atoms with E-state index < -0.39 is 0 Å². The summed E-state index contributed by atoms with van der Waals surface area (Å²) in [6.07, 6.45) is 5.57. The second kappa shape index (κ2) is 7.94. The van der Waals surface area contributed by atoms with Crippen molar-refractivity contribution in [2.24, 2.45) is 0 Å². The molecule has 6 nitrogen and oxygen atoms in total. The molecule has 0 aliphatic rings. The second-order valence-electron chi connectivity index (χ2n) is 5.84. The highest BCUT2D eigenvalue weighted by molar-refractivity contribution is 7.80. The molecule has 0 spiro atoms. The molecule has 0 amide bonds. The van der Waals surface area contributed by atoms with Gasteiger partial charge in [0.05, 0.1) is 30.7 Å². The highest BCUT2D eigenvalue weighted by Gasteiger charge is 2.10. The molecular weight excluding hydrogens is 332 g/mol. The van der Waals surface area contributed by atoms with Crippen LogP contribution in [0.2, 0.25) is 0 Å². The number of hydrogen-bond acceptors (Lipinski definition) is 3. The molecule has 0 aliphatic carbocycles. The van der Waals surface area contributed by atoms with Gasteiger partial charge in [-0.25, -0.2) is 0 Å². The van der Waals surface area contributed by atoms with Crippen molar-refractivity contribution in [1.82, 2.24) is 24.5 Å². The molecule has 0 radical (unpaired) electrons. The van der Waals surface area contributed by atoms with E-state index in [1.165, 1.54) is 5.56 Å². The summed E-state index contributed by atoms with van der Waals surface area (Å²) in [5, 5.41) is 12.6. The molecule has 7 heteroatoms. The largest absolute Gasteiger partial charge is 0.346 e. The van der Waals surface area contributed by atoms with E-state index in [9.17, 15) is 0 Å². The average molecular weight is 354 g/mol. The summed E-state index contributed by atoms with van der Waals surface area (Å²) in [6.45, 7) is 4.37. The Bertz CT molecular complexity index is 823. The van der Waals surface area contributed by atoms with Crippen LogP contribution in [-0.4, -0.2) is 36.6 Å². The van der Waals surface area contributed by atoms with Crippen molar-refractivity contribution >= 4 is 23.0 Å². The van der Waals surface area contributed by atoms with Gasteiger partial charge in [0.15, 0.2) is 5.11 Å². The van der Waals surface area contributed by atoms with Crippen LogP contribution in [0.1, 0.15) is 18.2 Å². The maximum Gasteiger partial charge on any atom is 0.173 e. The number of nitrogens with one attached hydrogen (secondary N) is 1. The van der Waals surface area contributed by atoms with Gasteiger partial charge in [0, 0.05) is 26.0 Å². The Hall–Kier alpha value is -2.67. The molecule has 0 bridgehead atoms. The predicted octanol–water partition coefficient (Wildman–Crippen LogP) is 2.98. The highest BCUT2D eigenvalue weighted by atomic mass is 32.1. The zero-order valence-electron chi connectivity index (χ0n) is 14.5. The molecule has 0 saturated carbocycles. The number of thiocarbonyl (C=S) groups is 1. The Kier molecular flexibility index (Phi) is 5.45. The fourth-order valence-electron chi connectivity index (χ4n) is 2.60. The van der Waals surface area contributed by atoms with E-state index in [1.54, 1.807) is 6.20 Å². The Morgan fingerprint density at radius 3 is 2.76 bits per heavy atom. The Labute approximate surface area is 153 Å². The Morgan fingerprint density at radius 2 is 2.00 bits per heavy atom. The van der Waals surface area contributed by atoms with Gasteiger partial charge in [-0.3, -0.25) is 9.36 Å². The van der Waals surface area contributed by atoms with Gasteiger partial charge >= 0.3 is 0 Å². The summed E-state index contributed by atoms with van der Waals surface area (Å²) in [4.78, 5) is 1.99. The van der Waals surface area contributed by atoms with Crippen LogP contribution in [0.3, 0.4) is 0 Å². The lowest BCUT2D eigenvalue weighted by molar-refractivity contribution is 0.471. The van der Waals surface area contributed by atoms with Crippen molar-refractivity contribution in [3.63, 3.8) is 0 Å². The van der Waals surface area contributed by atoms with Crippen LogP contribution in [-0.2, 0) is 19.6 Å². The molecule has 0 aliphatic heterocycles. The highest BCUT2D eigenvalue weighted by Crippen LogP contribution is 2.10. The number of aryl methyl sites for hydroxylation is 1. The van der Waals surface area contributed by atoms with E-state index in [1.807, 2.05) is 58.0 Å². The second-order valence-corrected chi connectivity index (χ2v) is 6.22. The van der Waals surface area contributed by atoms with Crippen LogP contribution >= 0.6 is 12.2 Å². The number of aromatic nitrogens is 4. The van der Waals surface area contributed by atoms with Crippen LogP contribution < -0.4 is 5.32 Å². The molecule has 2 heterocycles. The fourth-order valence-corrected chi connectivity index (χ4v) is 2.78. The maximum atomic E-state index is 5.50.